The molecule has 0 aromatic heterocycles. The summed E-state index contributed by atoms with van der Waals surface area (Å²) < 4.78 is 0. The van der Waals surface area contributed by atoms with Crippen molar-refractivity contribution in [2.45, 2.75) is 102 Å². The molecule has 0 aliphatic rings. The van der Waals surface area contributed by atoms with Crippen molar-refractivity contribution >= 4 is 24.2 Å². The SMILES string of the molecule is CCCCCCCCCCCCCCCC(=O)Nc1ccc(S)cc1. The van der Waals surface area contributed by atoms with E-state index in [9.17, 15) is 4.79 Å². The lowest BCUT2D eigenvalue weighted by Crippen LogP contribution is -2.10. The van der Waals surface area contributed by atoms with Crippen molar-refractivity contribution in [1.82, 2.24) is 0 Å². The predicted molar refractivity (Wildman–Crippen MR) is 113 cm³/mol. The van der Waals surface area contributed by atoms with Gasteiger partial charge in [-0.25, -0.2) is 0 Å². The topological polar surface area (TPSA) is 29.1 Å². The van der Waals surface area contributed by atoms with Gasteiger partial charge in [-0.3, -0.25) is 4.79 Å². The first-order chi connectivity index (χ1) is 12.2. The van der Waals surface area contributed by atoms with E-state index < -0.39 is 0 Å². The molecule has 1 rings (SSSR count). The summed E-state index contributed by atoms with van der Waals surface area (Å²) in [7, 11) is 0. The summed E-state index contributed by atoms with van der Waals surface area (Å²) >= 11 is 4.24. The van der Waals surface area contributed by atoms with Gasteiger partial charge in [-0.05, 0) is 30.7 Å². The third kappa shape index (κ3) is 13.0. The van der Waals surface area contributed by atoms with Crippen LogP contribution in [0.4, 0.5) is 5.69 Å². The van der Waals surface area contributed by atoms with Gasteiger partial charge in [-0.15, -0.1) is 12.6 Å². The lowest BCUT2D eigenvalue weighted by Gasteiger charge is -2.06. The number of anilines is 1. The monoisotopic (exact) mass is 363 g/mol. The summed E-state index contributed by atoms with van der Waals surface area (Å²) in [6.45, 7) is 2.27. The standard InChI is InChI=1S/C22H37NOS/c1-2-3-4-5-6-7-8-9-10-11-12-13-14-15-22(24)23-20-16-18-21(25)19-17-20/h16-19,25H,2-15H2,1H3,(H,23,24). The molecule has 0 bridgehead atoms. The fourth-order valence-electron chi connectivity index (χ4n) is 3.07. The highest BCUT2D eigenvalue weighted by atomic mass is 32.1. The third-order valence-corrected chi connectivity index (χ3v) is 4.96. The summed E-state index contributed by atoms with van der Waals surface area (Å²) in [5.41, 5.74) is 0.859. The van der Waals surface area contributed by atoms with Gasteiger partial charge in [0.05, 0.1) is 0 Å². The van der Waals surface area contributed by atoms with Crippen molar-refractivity contribution in [2.75, 3.05) is 5.32 Å². The molecule has 142 valence electrons. The van der Waals surface area contributed by atoms with E-state index in [0.717, 1.165) is 17.0 Å². The van der Waals surface area contributed by atoms with Crippen LogP contribution in [0.25, 0.3) is 0 Å². The van der Waals surface area contributed by atoms with E-state index in [-0.39, 0.29) is 5.91 Å². The van der Waals surface area contributed by atoms with Gasteiger partial charge in [0.2, 0.25) is 5.91 Å². The van der Waals surface area contributed by atoms with E-state index in [0.29, 0.717) is 6.42 Å². The molecule has 0 unspecified atom stereocenters. The second kappa shape index (κ2) is 15.3. The Hall–Kier alpha value is -0.960. The molecule has 1 aromatic carbocycles. The minimum absolute atomic E-state index is 0.120. The van der Waals surface area contributed by atoms with E-state index in [1.807, 2.05) is 24.3 Å². The van der Waals surface area contributed by atoms with Crippen LogP contribution < -0.4 is 5.32 Å². The molecular formula is C22H37NOS. The molecule has 0 heterocycles. The quantitative estimate of drug-likeness (QED) is 0.247. The molecule has 2 nitrogen and oxygen atoms in total. The van der Waals surface area contributed by atoms with Gasteiger partial charge in [0.25, 0.3) is 0 Å². The average Bonchev–Trinajstić information content (AvgIpc) is 2.61. The van der Waals surface area contributed by atoms with Crippen LogP contribution in [0.2, 0.25) is 0 Å². The van der Waals surface area contributed by atoms with Crippen LogP contribution in [0.15, 0.2) is 29.2 Å². The van der Waals surface area contributed by atoms with Gasteiger partial charge >= 0.3 is 0 Å². The van der Waals surface area contributed by atoms with E-state index >= 15 is 0 Å². The van der Waals surface area contributed by atoms with Gasteiger partial charge in [-0.1, -0.05) is 84.0 Å². The average molecular weight is 364 g/mol. The maximum absolute atomic E-state index is 11.9. The van der Waals surface area contributed by atoms with Crippen LogP contribution in [0, 0.1) is 0 Å². The number of thiol groups is 1. The molecule has 3 heteroatoms. The summed E-state index contributed by atoms with van der Waals surface area (Å²) in [5, 5.41) is 2.94. The van der Waals surface area contributed by atoms with E-state index in [2.05, 4.69) is 24.9 Å². The highest BCUT2D eigenvalue weighted by Gasteiger charge is 2.02. The second-order valence-corrected chi connectivity index (χ2v) is 7.60. The van der Waals surface area contributed by atoms with Gasteiger partial charge in [-0.2, -0.15) is 0 Å². The minimum atomic E-state index is 0.120. The van der Waals surface area contributed by atoms with Crippen LogP contribution in [0.5, 0.6) is 0 Å². The summed E-state index contributed by atoms with van der Waals surface area (Å²) in [4.78, 5) is 12.8. The maximum Gasteiger partial charge on any atom is 0.224 e. The smallest absolute Gasteiger partial charge is 0.224 e. The van der Waals surface area contributed by atoms with Gasteiger partial charge in [0, 0.05) is 17.0 Å². The zero-order chi connectivity index (χ0) is 18.2. The first-order valence-electron chi connectivity index (χ1n) is 10.3. The van der Waals surface area contributed by atoms with Crippen molar-refractivity contribution in [3.63, 3.8) is 0 Å². The Morgan fingerprint density at radius 1 is 0.760 bits per heavy atom. The number of amides is 1. The normalized spacial score (nSPS) is 10.8. The van der Waals surface area contributed by atoms with Crippen molar-refractivity contribution in [3.8, 4) is 0 Å². The molecule has 0 saturated carbocycles. The number of nitrogens with one attached hydrogen (secondary N) is 1. The van der Waals surface area contributed by atoms with Crippen LogP contribution in [-0.2, 0) is 4.79 Å². The molecular weight excluding hydrogens is 326 g/mol. The number of hydrogen-bond donors (Lipinski definition) is 2. The van der Waals surface area contributed by atoms with E-state index in [1.165, 1.54) is 77.0 Å². The van der Waals surface area contributed by atoms with Crippen molar-refractivity contribution in [1.29, 1.82) is 0 Å². The Morgan fingerprint density at radius 3 is 1.68 bits per heavy atom. The van der Waals surface area contributed by atoms with Crippen LogP contribution in [0.1, 0.15) is 96.8 Å². The van der Waals surface area contributed by atoms with E-state index in [1.54, 1.807) is 0 Å². The molecule has 0 fully saturated rings. The fourth-order valence-corrected chi connectivity index (χ4v) is 3.22. The van der Waals surface area contributed by atoms with Gasteiger partial charge in [0.1, 0.15) is 0 Å². The Kier molecular flexibility index (Phi) is 13.5. The first-order valence-corrected chi connectivity index (χ1v) is 10.8. The molecule has 0 spiro atoms. The molecule has 1 aromatic rings. The van der Waals surface area contributed by atoms with Gasteiger partial charge < -0.3 is 5.32 Å². The maximum atomic E-state index is 11.9. The summed E-state index contributed by atoms with van der Waals surface area (Å²) in [6.07, 6.45) is 17.9. The minimum Gasteiger partial charge on any atom is -0.326 e. The number of hydrogen-bond acceptors (Lipinski definition) is 2. The molecule has 0 aliphatic heterocycles. The molecule has 1 amide bonds. The van der Waals surface area contributed by atoms with Gasteiger partial charge in [0.15, 0.2) is 0 Å². The number of rotatable bonds is 15. The number of unbranched alkanes of at least 4 members (excludes halogenated alkanes) is 12. The Balaban J connectivity index is 1.85. The predicted octanol–water partition coefficient (Wildman–Crippen LogP) is 7.40. The molecule has 0 saturated heterocycles. The van der Waals surface area contributed by atoms with Crippen LogP contribution >= 0.6 is 12.6 Å². The molecule has 0 atom stereocenters. The Bertz CT molecular complexity index is 444. The Labute approximate surface area is 160 Å². The lowest BCUT2D eigenvalue weighted by molar-refractivity contribution is -0.116. The van der Waals surface area contributed by atoms with E-state index in [4.69, 9.17) is 0 Å². The van der Waals surface area contributed by atoms with Crippen LogP contribution in [-0.4, -0.2) is 5.91 Å². The molecule has 0 aliphatic carbocycles. The van der Waals surface area contributed by atoms with Crippen LogP contribution in [0.3, 0.4) is 0 Å². The molecule has 1 N–H and O–H groups in total. The lowest BCUT2D eigenvalue weighted by atomic mass is 10.0. The van der Waals surface area contributed by atoms with Crippen molar-refractivity contribution < 1.29 is 4.79 Å². The highest BCUT2D eigenvalue weighted by molar-refractivity contribution is 7.80. The second-order valence-electron chi connectivity index (χ2n) is 7.09. The summed E-state index contributed by atoms with van der Waals surface area (Å²) in [5.74, 6) is 0.120. The number of carbonyl (C=O) groups excluding carboxylic acids is 1. The Morgan fingerprint density at radius 2 is 1.20 bits per heavy atom. The number of benzene rings is 1. The van der Waals surface area contributed by atoms with Crippen molar-refractivity contribution in [3.05, 3.63) is 24.3 Å². The zero-order valence-electron chi connectivity index (χ0n) is 16.1. The summed E-state index contributed by atoms with van der Waals surface area (Å²) in [6, 6.07) is 7.57. The first kappa shape index (κ1) is 22.1. The molecule has 0 radical (unpaired) electrons. The number of carbonyl (C=O) groups is 1. The fraction of sp³-hybridized carbons (Fsp3) is 0.682. The molecule has 25 heavy (non-hydrogen) atoms. The zero-order valence-corrected chi connectivity index (χ0v) is 17.0. The van der Waals surface area contributed by atoms with Crippen molar-refractivity contribution in [2.24, 2.45) is 0 Å². The third-order valence-electron chi connectivity index (χ3n) is 4.66. The highest BCUT2D eigenvalue weighted by Crippen LogP contribution is 2.14. The largest absolute Gasteiger partial charge is 0.326 e.